The largest absolute Gasteiger partial charge is 0.377 e. The van der Waals surface area contributed by atoms with Crippen LogP contribution in [0.3, 0.4) is 0 Å². The van der Waals surface area contributed by atoms with E-state index in [-0.39, 0.29) is 11.6 Å². The maximum atomic E-state index is 6.16. The van der Waals surface area contributed by atoms with Crippen molar-refractivity contribution in [3.05, 3.63) is 10.6 Å². The number of anilines is 1. The Balaban J connectivity index is 1.92. The van der Waals surface area contributed by atoms with Crippen molar-refractivity contribution >= 4 is 16.5 Å². The summed E-state index contributed by atoms with van der Waals surface area (Å²) in [7, 11) is 0. The van der Waals surface area contributed by atoms with Gasteiger partial charge in [-0.05, 0) is 33.1 Å². The Labute approximate surface area is 112 Å². The van der Waals surface area contributed by atoms with E-state index in [0.29, 0.717) is 0 Å². The molecule has 0 spiro atoms. The standard InChI is InChI=1S/C13H21N3OS/c1-13(2)8-17-7-6-16(13)12-15-11-9(14)4-3-5-10(11)18-12/h9H,3-8,14H2,1-2H3. The molecule has 0 aromatic carbocycles. The molecule has 1 aromatic rings. The van der Waals surface area contributed by atoms with E-state index in [0.717, 1.165) is 43.4 Å². The summed E-state index contributed by atoms with van der Waals surface area (Å²) in [6.45, 7) is 6.91. The first-order valence-corrected chi connectivity index (χ1v) is 7.50. The highest BCUT2D eigenvalue weighted by molar-refractivity contribution is 7.15. The highest BCUT2D eigenvalue weighted by Gasteiger charge is 2.34. The topological polar surface area (TPSA) is 51.4 Å². The number of thiazole rings is 1. The van der Waals surface area contributed by atoms with Crippen molar-refractivity contribution in [2.75, 3.05) is 24.7 Å². The number of rotatable bonds is 1. The zero-order valence-electron chi connectivity index (χ0n) is 11.1. The number of hydrogen-bond donors (Lipinski definition) is 1. The summed E-state index contributed by atoms with van der Waals surface area (Å²) in [5, 5.41) is 1.13. The fourth-order valence-electron chi connectivity index (χ4n) is 2.77. The van der Waals surface area contributed by atoms with E-state index in [1.807, 2.05) is 11.3 Å². The van der Waals surface area contributed by atoms with E-state index in [4.69, 9.17) is 15.5 Å². The van der Waals surface area contributed by atoms with Gasteiger partial charge in [-0.1, -0.05) is 0 Å². The molecule has 2 aliphatic rings. The number of fused-ring (bicyclic) bond motifs is 1. The van der Waals surface area contributed by atoms with Gasteiger partial charge in [-0.3, -0.25) is 0 Å². The molecular weight excluding hydrogens is 246 g/mol. The molecule has 1 aliphatic heterocycles. The maximum Gasteiger partial charge on any atom is 0.186 e. The molecule has 18 heavy (non-hydrogen) atoms. The summed E-state index contributed by atoms with van der Waals surface area (Å²) in [4.78, 5) is 8.59. The third-order valence-corrected chi connectivity index (χ3v) is 5.02. The van der Waals surface area contributed by atoms with Gasteiger partial charge in [0.1, 0.15) is 0 Å². The zero-order valence-corrected chi connectivity index (χ0v) is 11.9. The van der Waals surface area contributed by atoms with Crippen LogP contribution < -0.4 is 10.6 Å². The summed E-state index contributed by atoms with van der Waals surface area (Å²) >= 11 is 1.83. The number of ether oxygens (including phenoxy) is 1. The predicted octanol–water partition coefficient (Wildman–Crippen LogP) is 2.09. The highest BCUT2D eigenvalue weighted by atomic mass is 32.1. The molecule has 2 heterocycles. The third kappa shape index (κ3) is 2.04. The van der Waals surface area contributed by atoms with Gasteiger partial charge in [0.05, 0.1) is 24.4 Å². The van der Waals surface area contributed by atoms with Crippen LogP contribution in [-0.2, 0) is 11.2 Å². The van der Waals surface area contributed by atoms with Crippen LogP contribution in [0.5, 0.6) is 0 Å². The number of nitrogens with zero attached hydrogens (tertiary/aromatic N) is 2. The first-order valence-electron chi connectivity index (χ1n) is 6.68. The van der Waals surface area contributed by atoms with Crippen molar-refractivity contribution in [2.45, 2.75) is 44.7 Å². The monoisotopic (exact) mass is 267 g/mol. The van der Waals surface area contributed by atoms with E-state index in [2.05, 4.69) is 18.7 Å². The average molecular weight is 267 g/mol. The first kappa shape index (κ1) is 12.4. The molecule has 1 fully saturated rings. The van der Waals surface area contributed by atoms with Gasteiger partial charge in [-0.15, -0.1) is 11.3 Å². The van der Waals surface area contributed by atoms with Crippen molar-refractivity contribution in [1.82, 2.24) is 4.98 Å². The Morgan fingerprint density at radius 3 is 3.06 bits per heavy atom. The molecule has 100 valence electrons. The van der Waals surface area contributed by atoms with Crippen LogP contribution in [0, 0.1) is 0 Å². The van der Waals surface area contributed by atoms with E-state index < -0.39 is 0 Å². The number of aryl methyl sites for hydroxylation is 1. The minimum Gasteiger partial charge on any atom is -0.377 e. The van der Waals surface area contributed by atoms with Crippen molar-refractivity contribution in [3.63, 3.8) is 0 Å². The summed E-state index contributed by atoms with van der Waals surface area (Å²) < 4.78 is 5.57. The number of morpholine rings is 1. The molecule has 0 saturated carbocycles. The van der Waals surface area contributed by atoms with Crippen molar-refractivity contribution < 1.29 is 4.74 Å². The molecule has 3 rings (SSSR count). The Bertz CT molecular complexity index is 443. The van der Waals surface area contributed by atoms with Crippen molar-refractivity contribution in [3.8, 4) is 0 Å². The third-order valence-electron chi connectivity index (χ3n) is 3.86. The SMILES string of the molecule is CC1(C)COCCN1c1nc2c(s1)CCCC2N. The molecule has 1 aromatic heterocycles. The van der Waals surface area contributed by atoms with Gasteiger partial charge in [0.2, 0.25) is 0 Å². The van der Waals surface area contributed by atoms with Crippen LogP contribution in [0.1, 0.15) is 43.3 Å². The van der Waals surface area contributed by atoms with Crippen LogP contribution in [0.4, 0.5) is 5.13 Å². The van der Waals surface area contributed by atoms with Gasteiger partial charge in [0.25, 0.3) is 0 Å². The lowest BCUT2D eigenvalue weighted by Crippen LogP contribution is -2.53. The smallest absolute Gasteiger partial charge is 0.186 e. The second-order valence-electron chi connectivity index (χ2n) is 5.82. The van der Waals surface area contributed by atoms with Crippen LogP contribution in [-0.4, -0.2) is 30.3 Å². The maximum absolute atomic E-state index is 6.16. The van der Waals surface area contributed by atoms with Crippen molar-refractivity contribution in [1.29, 1.82) is 0 Å². The molecule has 1 aliphatic carbocycles. The Morgan fingerprint density at radius 2 is 2.33 bits per heavy atom. The quantitative estimate of drug-likeness (QED) is 0.846. The van der Waals surface area contributed by atoms with E-state index in [1.165, 1.54) is 11.3 Å². The van der Waals surface area contributed by atoms with Gasteiger partial charge in [0, 0.05) is 17.5 Å². The van der Waals surface area contributed by atoms with Gasteiger partial charge in [-0.2, -0.15) is 0 Å². The van der Waals surface area contributed by atoms with Crippen molar-refractivity contribution in [2.24, 2.45) is 5.73 Å². The normalized spacial score (nSPS) is 27.1. The lowest BCUT2D eigenvalue weighted by molar-refractivity contribution is 0.0643. The average Bonchev–Trinajstić information content (AvgIpc) is 2.73. The summed E-state index contributed by atoms with van der Waals surface area (Å²) in [5.74, 6) is 0. The van der Waals surface area contributed by atoms with Crippen LogP contribution in [0.25, 0.3) is 0 Å². The number of hydrogen-bond acceptors (Lipinski definition) is 5. The number of nitrogens with two attached hydrogens (primary N) is 1. The molecule has 1 saturated heterocycles. The second kappa shape index (κ2) is 4.47. The van der Waals surface area contributed by atoms with E-state index in [1.54, 1.807) is 0 Å². The van der Waals surface area contributed by atoms with Gasteiger partial charge in [-0.25, -0.2) is 4.98 Å². The lowest BCUT2D eigenvalue weighted by atomic mass is 9.99. The molecule has 5 heteroatoms. The second-order valence-corrected chi connectivity index (χ2v) is 6.88. The van der Waals surface area contributed by atoms with E-state index >= 15 is 0 Å². The van der Waals surface area contributed by atoms with Gasteiger partial charge >= 0.3 is 0 Å². The van der Waals surface area contributed by atoms with E-state index in [9.17, 15) is 0 Å². The minimum atomic E-state index is 0.0305. The van der Waals surface area contributed by atoms with Crippen LogP contribution in [0.2, 0.25) is 0 Å². The zero-order chi connectivity index (χ0) is 12.8. The first-order chi connectivity index (χ1) is 8.58. The van der Waals surface area contributed by atoms with Crippen LogP contribution >= 0.6 is 11.3 Å². The fraction of sp³-hybridized carbons (Fsp3) is 0.769. The lowest BCUT2D eigenvalue weighted by Gasteiger charge is -2.42. The molecule has 0 radical (unpaired) electrons. The minimum absolute atomic E-state index is 0.0305. The Kier molecular flexibility index (Phi) is 3.08. The Morgan fingerprint density at radius 1 is 1.50 bits per heavy atom. The molecular formula is C13H21N3OS. The molecule has 4 nitrogen and oxygen atoms in total. The van der Waals surface area contributed by atoms with Gasteiger partial charge < -0.3 is 15.4 Å². The summed E-state index contributed by atoms with van der Waals surface area (Å²) in [6.07, 6.45) is 3.41. The highest BCUT2D eigenvalue weighted by Crippen LogP contribution is 2.38. The Hall–Kier alpha value is -0.650. The summed E-state index contributed by atoms with van der Waals surface area (Å²) in [5.41, 5.74) is 7.33. The molecule has 2 N–H and O–H groups in total. The van der Waals surface area contributed by atoms with Gasteiger partial charge in [0.15, 0.2) is 5.13 Å². The predicted molar refractivity (Wildman–Crippen MR) is 74.2 cm³/mol. The van der Waals surface area contributed by atoms with Crippen LogP contribution in [0.15, 0.2) is 0 Å². The summed E-state index contributed by atoms with van der Waals surface area (Å²) in [6, 6.07) is 0.142. The molecule has 0 bridgehead atoms. The molecule has 0 amide bonds. The molecule has 1 atom stereocenters. The number of aromatic nitrogens is 1. The fourth-order valence-corrected chi connectivity index (χ4v) is 4.13. The molecule has 1 unspecified atom stereocenters.